The van der Waals surface area contributed by atoms with Crippen LogP contribution in [0.1, 0.15) is 12.0 Å². The van der Waals surface area contributed by atoms with Gasteiger partial charge < -0.3 is 14.8 Å². The number of nitrogens with one attached hydrogen (secondary N) is 1. The average Bonchev–Trinajstić information content (AvgIpc) is 2.82. The van der Waals surface area contributed by atoms with Gasteiger partial charge in [-0.05, 0) is 35.9 Å². The molecule has 0 radical (unpaired) electrons. The number of rotatable bonds is 7. The van der Waals surface area contributed by atoms with E-state index in [4.69, 9.17) is 9.47 Å². The average molecular weight is 428 g/mol. The lowest BCUT2D eigenvalue weighted by Gasteiger charge is -2.48. The molecular formula is C26H24N2O4. The highest BCUT2D eigenvalue weighted by Crippen LogP contribution is 2.41. The first kappa shape index (κ1) is 21.2. The van der Waals surface area contributed by atoms with Crippen molar-refractivity contribution in [2.24, 2.45) is 0 Å². The lowest BCUT2D eigenvalue weighted by Crippen LogP contribution is -2.68. The van der Waals surface area contributed by atoms with Crippen LogP contribution in [0.25, 0.3) is 6.08 Å². The first-order chi connectivity index (χ1) is 15.6. The van der Waals surface area contributed by atoms with Gasteiger partial charge in [0.15, 0.2) is 5.54 Å². The Labute approximate surface area is 187 Å². The standard InChI is InChI=1S/C26H24N2O4/c1-31-22-12-6-10-20(16-22)27-25(30)26(15-14-19-8-4-3-5-9-19)18-24(29)28(26)21-11-7-13-23(17-21)32-2/h3-17H,18H2,1-2H3,(H,27,30). The lowest BCUT2D eigenvalue weighted by atomic mass is 9.81. The van der Waals surface area contributed by atoms with E-state index in [0.717, 1.165) is 5.56 Å². The highest BCUT2D eigenvalue weighted by atomic mass is 16.5. The summed E-state index contributed by atoms with van der Waals surface area (Å²) in [6, 6.07) is 23.9. The summed E-state index contributed by atoms with van der Waals surface area (Å²) >= 11 is 0. The van der Waals surface area contributed by atoms with Crippen molar-refractivity contribution in [3.63, 3.8) is 0 Å². The van der Waals surface area contributed by atoms with Gasteiger partial charge in [0, 0.05) is 23.5 Å². The van der Waals surface area contributed by atoms with Crippen LogP contribution < -0.4 is 19.7 Å². The molecule has 162 valence electrons. The second-order valence-corrected chi connectivity index (χ2v) is 7.46. The highest BCUT2D eigenvalue weighted by Gasteiger charge is 2.55. The second kappa shape index (κ2) is 8.98. The molecule has 1 aliphatic rings. The van der Waals surface area contributed by atoms with Crippen LogP contribution in [-0.4, -0.2) is 31.6 Å². The Morgan fingerprint density at radius 2 is 1.62 bits per heavy atom. The Balaban J connectivity index is 1.73. The number of hydrogen-bond donors (Lipinski definition) is 1. The molecule has 0 saturated carbocycles. The number of ether oxygens (including phenoxy) is 2. The number of carbonyl (C=O) groups excluding carboxylic acids is 2. The van der Waals surface area contributed by atoms with Crippen molar-refractivity contribution in [3.8, 4) is 11.5 Å². The molecule has 1 unspecified atom stereocenters. The molecule has 0 aliphatic carbocycles. The fraction of sp³-hybridized carbons (Fsp3) is 0.154. The molecule has 1 aliphatic heterocycles. The zero-order valence-corrected chi connectivity index (χ0v) is 17.9. The summed E-state index contributed by atoms with van der Waals surface area (Å²) < 4.78 is 10.6. The van der Waals surface area contributed by atoms with Gasteiger partial charge in [-0.3, -0.25) is 14.5 Å². The molecule has 0 bridgehead atoms. The van der Waals surface area contributed by atoms with Gasteiger partial charge in [-0.2, -0.15) is 0 Å². The number of hydrogen-bond acceptors (Lipinski definition) is 4. The molecule has 2 amide bonds. The zero-order chi connectivity index (χ0) is 22.6. The van der Waals surface area contributed by atoms with Crippen LogP contribution in [0.4, 0.5) is 11.4 Å². The number of amides is 2. The van der Waals surface area contributed by atoms with Gasteiger partial charge in [-0.1, -0.05) is 48.5 Å². The third-order valence-corrected chi connectivity index (χ3v) is 5.45. The van der Waals surface area contributed by atoms with E-state index >= 15 is 0 Å². The molecule has 0 aromatic heterocycles. The molecule has 1 atom stereocenters. The summed E-state index contributed by atoms with van der Waals surface area (Å²) in [5.74, 6) is 0.791. The monoisotopic (exact) mass is 428 g/mol. The summed E-state index contributed by atoms with van der Waals surface area (Å²) in [5.41, 5.74) is 0.944. The van der Waals surface area contributed by atoms with Gasteiger partial charge in [-0.25, -0.2) is 0 Å². The van der Waals surface area contributed by atoms with Crippen LogP contribution in [0.15, 0.2) is 84.9 Å². The van der Waals surface area contributed by atoms with Crippen molar-refractivity contribution in [1.29, 1.82) is 0 Å². The van der Waals surface area contributed by atoms with E-state index in [1.807, 2.05) is 36.4 Å². The van der Waals surface area contributed by atoms with Crippen LogP contribution in [0, 0.1) is 0 Å². The van der Waals surface area contributed by atoms with Crippen molar-refractivity contribution in [1.82, 2.24) is 0 Å². The van der Waals surface area contributed by atoms with Gasteiger partial charge in [0.1, 0.15) is 11.5 Å². The Kier molecular flexibility index (Phi) is 5.94. The zero-order valence-electron chi connectivity index (χ0n) is 17.9. The first-order valence-corrected chi connectivity index (χ1v) is 10.2. The van der Waals surface area contributed by atoms with Gasteiger partial charge in [0.2, 0.25) is 5.91 Å². The molecule has 4 rings (SSSR count). The SMILES string of the molecule is COc1cccc(NC(=O)C2(C=Cc3ccccc3)CC(=O)N2c2cccc(OC)c2)c1. The minimum atomic E-state index is -1.18. The maximum Gasteiger partial charge on any atom is 0.255 e. The summed E-state index contributed by atoms with van der Waals surface area (Å²) in [6.45, 7) is 0. The Hall–Kier alpha value is -4.06. The topological polar surface area (TPSA) is 67.9 Å². The maximum absolute atomic E-state index is 13.6. The maximum atomic E-state index is 13.6. The van der Waals surface area contributed by atoms with Crippen LogP contribution >= 0.6 is 0 Å². The molecule has 3 aromatic carbocycles. The number of carbonyl (C=O) groups is 2. The van der Waals surface area contributed by atoms with E-state index in [1.165, 1.54) is 4.90 Å². The van der Waals surface area contributed by atoms with Gasteiger partial charge in [-0.15, -0.1) is 0 Å². The molecule has 1 N–H and O–H groups in total. The Bertz CT molecular complexity index is 1160. The third-order valence-electron chi connectivity index (χ3n) is 5.45. The van der Waals surface area contributed by atoms with Crippen molar-refractivity contribution in [3.05, 3.63) is 90.5 Å². The van der Waals surface area contributed by atoms with Crippen LogP contribution in [0.3, 0.4) is 0 Å². The van der Waals surface area contributed by atoms with Gasteiger partial charge in [0.25, 0.3) is 5.91 Å². The predicted octanol–water partition coefficient (Wildman–Crippen LogP) is 4.53. The number of methoxy groups -OCH3 is 2. The summed E-state index contributed by atoms with van der Waals surface area (Å²) in [6.07, 6.45) is 3.72. The van der Waals surface area contributed by atoms with E-state index in [2.05, 4.69) is 5.32 Å². The highest BCUT2D eigenvalue weighted by molar-refractivity contribution is 6.18. The molecule has 6 heteroatoms. The van der Waals surface area contributed by atoms with Crippen molar-refractivity contribution in [2.45, 2.75) is 12.0 Å². The van der Waals surface area contributed by atoms with E-state index < -0.39 is 5.54 Å². The van der Waals surface area contributed by atoms with E-state index in [0.29, 0.717) is 22.9 Å². The summed E-state index contributed by atoms with van der Waals surface area (Å²) in [7, 11) is 3.13. The van der Waals surface area contributed by atoms with E-state index in [-0.39, 0.29) is 18.2 Å². The molecule has 3 aromatic rings. The smallest absolute Gasteiger partial charge is 0.255 e. The molecule has 32 heavy (non-hydrogen) atoms. The minimum Gasteiger partial charge on any atom is -0.497 e. The summed E-state index contributed by atoms with van der Waals surface area (Å²) in [4.78, 5) is 27.9. The fourth-order valence-electron chi connectivity index (χ4n) is 3.77. The molecule has 0 spiro atoms. The lowest BCUT2D eigenvalue weighted by molar-refractivity contribution is -0.134. The fourth-order valence-corrected chi connectivity index (χ4v) is 3.77. The minimum absolute atomic E-state index is 0.0589. The normalized spacial score (nSPS) is 17.7. The largest absolute Gasteiger partial charge is 0.497 e. The molecule has 1 heterocycles. The van der Waals surface area contributed by atoms with E-state index in [9.17, 15) is 9.59 Å². The van der Waals surface area contributed by atoms with Crippen LogP contribution in [0.5, 0.6) is 11.5 Å². The molecular weight excluding hydrogens is 404 g/mol. The molecule has 6 nitrogen and oxygen atoms in total. The quantitative estimate of drug-likeness (QED) is 0.562. The number of benzene rings is 3. The van der Waals surface area contributed by atoms with Crippen LogP contribution in [-0.2, 0) is 9.59 Å². The number of β-lactam (4-membered cyclic amide) rings is 1. The second-order valence-electron chi connectivity index (χ2n) is 7.46. The van der Waals surface area contributed by atoms with Gasteiger partial charge in [0.05, 0.1) is 20.6 Å². The first-order valence-electron chi connectivity index (χ1n) is 10.2. The van der Waals surface area contributed by atoms with Gasteiger partial charge >= 0.3 is 0 Å². The third kappa shape index (κ3) is 4.07. The number of anilines is 2. The van der Waals surface area contributed by atoms with E-state index in [1.54, 1.807) is 68.8 Å². The van der Waals surface area contributed by atoms with Crippen LogP contribution in [0.2, 0.25) is 0 Å². The Morgan fingerprint density at radius 3 is 2.31 bits per heavy atom. The van der Waals surface area contributed by atoms with Crippen molar-refractivity contribution < 1.29 is 19.1 Å². The summed E-state index contributed by atoms with van der Waals surface area (Å²) in [5, 5.41) is 2.95. The van der Waals surface area contributed by atoms with Crippen molar-refractivity contribution in [2.75, 3.05) is 24.4 Å². The molecule has 1 saturated heterocycles. The number of nitrogens with zero attached hydrogens (tertiary/aromatic N) is 1. The van der Waals surface area contributed by atoms with Crippen molar-refractivity contribution >= 4 is 29.3 Å². The Morgan fingerprint density at radius 1 is 0.938 bits per heavy atom. The predicted molar refractivity (Wildman–Crippen MR) is 125 cm³/mol. The molecule has 1 fully saturated rings.